The van der Waals surface area contributed by atoms with E-state index in [4.69, 9.17) is 25.8 Å². The van der Waals surface area contributed by atoms with Gasteiger partial charge in [0.2, 0.25) is 5.75 Å². The summed E-state index contributed by atoms with van der Waals surface area (Å²) in [5.74, 6) is -0.117. The zero-order valence-electron chi connectivity index (χ0n) is 12.8. The van der Waals surface area contributed by atoms with E-state index < -0.39 is 11.7 Å². The van der Waals surface area contributed by atoms with Gasteiger partial charge in [0, 0.05) is 10.6 Å². The molecular weight excluding hydrogens is 325 g/mol. The molecule has 0 atom stereocenters. The van der Waals surface area contributed by atoms with Crippen LogP contribution in [-0.2, 0) is 0 Å². The van der Waals surface area contributed by atoms with Crippen molar-refractivity contribution in [2.24, 2.45) is 0 Å². The van der Waals surface area contributed by atoms with Crippen LogP contribution in [0.2, 0.25) is 5.02 Å². The highest BCUT2D eigenvalue weighted by Gasteiger charge is 2.18. The van der Waals surface area contributed by atoms with Gasteiger partial charge in [0.05, 0.1) is 27.0 Å². The van der Waals surface area contributed by atoms with Crippen molar-refractivity contribution < 1.29 is 23.4 Å². The van der Waals surface area contributed by atoms with Crippen LogP contribution in [0.5, 0.6) is 17.2 Å². The first kappa shape index (κ1) is 16.9. The number of hydrogen-bond acceptors (Lipinski definition) is 4. The van der Waals surface area contributed by atoms with Crippen LogP contribution >= 0.6 is 11.6 Å². The Hall–Kier alpha value is -2.47. The lowest BCUT2D eigenvalue weighted by Gasteiger charge is -2.14. The predicted octanol–water partition coefficient (Wildman–Crippen LogP) is 3.76. The molecule has 0 heterocycles. The number of rotatable bonds is 5. The first-order valence-electron chi connectivity index (χ1n) is 6.56. The average molecular weight is 340 g/mol. The van der Waals surface area contributed by atoms with Gasteiger partial charge in [-0.3, -0.25) is 4.79 Å². The maximum atomic E-state index is 13.7. The van der Waals surface area contributed by atoms with Crippen molar-refractivity contribution in [3.63, 3.8) is 0 Å². The molecule has 0 aliphatic rings. The molecule has 0 unspecified atom stereocenters. The summed E-state index contributed by atoms with van der Waals surface area (Å²) >= 11 is 5.81. The lowest BCUT2D eigenvalue weighted by Crippen LogP contribution is -2.13. The van der Waals surface area contributed by atoms with Crippen molar-refractivity contribution in [3.05, 3.63) is 46.7 Å². The highest BCUT2D eigenvalue weighted by Crippen LogP contribution is 2.38. The molecule has 1 N–H and O–H groups in total. The first-order valence-corrected chi connectivity index (χ1v) is 6.94. The molecule has 7 heteroatoms. The Morgan fingerprint density at radius 3 is 2.17 bits per heavy atom. The van der Waals surface area contributed by atoms with Gasteiger partial charge in [-0.2, -0.15) is 0 Å². The number of nitrogens with one attached hydrogen (secondary N) is 1. The van der Waals surface area contributed by atoms with Gasteiger partial charge in [-0.25, -0.2) is 4.39 Å². The maximum Gasteiger partial charge on any atom is 0.256 e. The smallest absolute Gasteiger partial charge is 0.256 e. The molecule has 0 spiro atoms. The van der Waals surface area contributed by atoms with E-state index in [2.05, 4.69) is 5.32 Å². The molecule has 122 valence electrons. The molecule has 0 saturated carbocycles. The predicted molar refractivity (Wildman–Crippen MR) is 85.5 cm³/mol. The summed E-state index contributed by atoms with van der Waals surface area (Å²) in [4.78, 5) is 12.3. The quantitative estimate of drug-likeness (QED) is 0.901. The van der Waals surface area contributed by atoms with Crippen molar-refractivity contribution in [1.29, 1.82) is 0 Å². The number of halogens is 2. The van der Waals surface area contributed by atoms with Crippen LogP contribution in [0.3, 0.4) is 0 Å². The van der Waals surface area contributed by atoms with Crippen LogP contribution in [0.25, 0.3) is 0 Å². The highest BCUT2D eigenvalue weighted by atomic mass is 35.5. The number of hydrogen-bond donors (Lipinski definition) is 1. The van der Waals surface area contributed by atoms with Gasteiger partial charge in [0.15, 0.2) is 11.5 Å². The summed E-state index contributed by atoms with van der Waals surface area (Å²) in [5.41, 5.74) is 0.204. The van der Waals surface area contributed by atoms with Crippen molar-refractivity contribution >= 4 is 23.2 Å². The molecule has 0 saturated heterocycles. The fraction of sp³-hybridized carbons (Fsp3) is 0.188. The van der Waals surface area contributed by atoms with Gasteiger partial charge in [-0.05, 0) is 30.3 Å². The molecule has 0 bridgehead atoms. The molecule has 2 rings (SSSR count). The van der Waals surface area contributed by atoms with Gasteiger partial charge >= 0.3 is 0 Å². The Bertz CT molecular complexity index is 711. The Labute approximate surface area is 137 Å². The van der Waals surface area contributed by atoms with E-state index in [0.717, 1.165) is 0 Å². The molecule has 0 radical (unpaired) electrons. The van der Waals surface area contributed by atoms with Gasteiger partial charge in [-0.1, -0.05) is 11.6 Å². The standard InChI is InChI=1S/C16H15ClFNO4/c1-21-13-6-9(7-14(22-2)15(13)23-3)16(20)19-12-8-10(17)4-5-11(12)18/h4-8H,1-3H3,(H,19,20). The van der Waals surface area contributed by atoms with Gasteiger partial charge in [0.25, 0.3) is 5.91 Å². The van der Waals surface area contributed by atoms with E-state index in [1.165, 1.54) is 51.7 Å². The van der Waals surface area contributed by atoms with Crippen molar-refractivity contribution in [3.8, 4) is 17.2 Å². The van der Waals surface area contributed by atoms with Crippen LogP contribution in [0.1, 0.15) is 10.4 Å². The zero-order valence-corrected chi connectivity index (χ0v) is 13.5. The number of anilines is 1. The third kappa shape index (κ3) is 3.65. The fourth-order valence-corrected chi connectivity index (χ4v) is 2.17. The molecule has 5 nitrogen and oxygen atoms in total. The third-order valence-electron chi connectivity index (χ3n) is 3.10. The maximum absolute atomic E-state index is 13.7. The Morgan fingerprint density at radius 2 is 1.65 bits per heavy atom. The van der Waals surface area contributed by atoms with Crippen LogP contribution < -0.4 is 19.5 Å². The minimum Gasteiger partial charge on any atom is -0.493 e. The molecule has 0 aliphatic carbocycles. The van der Waals surface area contributed by atoms with Gasteiger partial charge in [0.1, 0.15) is 5.82 Å². The van der Waals surface area contributed by atoms with Gasteiger partial charge in [-0.15, -0.1) is 0 Å². The number of methoxy groups -OCH3 is 3. The number of benzene rings is 2. The minimum absolute atomic E-state index is 0.0174. The molecule has 0 fully saturated rings. The van der Waals surface area contributed by atoms with Crippen LogP contribution in [0.15, 0.2) is 30.3 Å². The Balaban J connectivity index is 2.37. The Morgan fingerprint density at radius 1 is 1.04 bits per heavy atom. The molecule has 1 amide bonds. The highest BCUT2D eigenvalue weighted by molar-refractivity contribution is 6.31. The summed E-state index contributed by atoms with van der Waals surface area (Å²) in [6.07, 6.45) is 0. The third-order valence-corrected chi connectivity index (χ3v) is 3.34. The normalized spacial score (nSPS) is 10.1. The summed E-state index contributed by atoms with van der Waals surface area (Å²) in [7, 11) is 4.34. The average Bonchev–Trinajstić information content (AvgIpc) is 2.56. The second kappa shape index (κ2) is 7.19. The number of ether oxygens (including phenoxy) is 3. The molecule has 23 heavy (non-hydrogen) atoms. The minimum atomic E-state index is -0.588. The van der Waals surface area contributed by atoms with E-state index in [1.54, 1.807) is 0 Å². The number of carbonyl (C=O) groups excluding carboxylic acids is 1. The molecule has 0 aliphatic heterocycles. The summed E-state index contributed by atoms with van der Waals surface area (Å²) < 4.78 is 29.3. The summed E-state index contributed by atoms with van der Waals surface area (Å²) in [6.45, 7) is 0. The van der Waals surface area contributed by atoms with Gasteiger partial charge < -0.3 is 19.5 Å². The SMILES string of the molecule is COc1cc(C(=O)Nc2cc(Cl)ccc2F)cc(OC)c1OC. The Kier molecular flexibility index (Phi) is 5.28. The topological polar surface area (TPSA) is 56.8 Å². The molecule has 2 aromatic carbocycles. The van der Waals surface area contributed by atoms with E-state index in [9.17, 15) is 9.18 Å². The van der Waals surface area contributed by atoms with E-state index in [-0.39, 0.29) is 11.3 Å². The lowest BCUT2D eigenvalue weighted by molar-refractivity contribution is 0.102. The molecular formula is C16H15ClFNO4. The second-order valence-corrected chi connectivity index (χ2v) is 4.93. The monoisotopic (exact) mass is 339 g/mol. The fourth-order valence-electron chi connectivity index (χ4n) is 2.00. The number of carbonyl (C=O) groups is 1. The largest absolute Gasteiger partial charge is 0.493 e. The number of amides is 1. The van der Waals surface area contributed by atoms with Crippen LogP contribution in [0, 0.1) is 5.82 Å². The van der Waals surface area contributed by atoms with Crippen LogP contribution in [0.4, 0.5) is 10.1 Å². The van der Waals surface area contributed by atoms with E-state index in [0.29, 0.717) is 22.3 Å². The van der Waals surface area contributed by atoms with Crippen LogP contribution in [-0.4, -0.2) is 27.2 Å². The first-order chi connectivity index (χ1) is 11.0. The van der Waals surface area contributed by atoms with Crippen molar-refractivity contribution in [2.75, 3.05) is 26.6 Å². The lowest BCUT2D eigenvalue weighted by atomic mass is 10.1. The zero-order chi connectivity index (χ0) is 17.0. The van der Waals surface area contributed by atoms with E-state index >= 15 is 0 Å². The molecule has 0 aromatic heterocycles. The second-order valence-electron chi connectivity index (χ2n) is 4.49. The van der Waals surface area contributed by atoms with Crippen molar-refractivity contribution in [1.82, 2.24) is 0 Å². The summed E-state index contributed by atoms with van der Waals surface area (Å²) in [6, 6.07) is 6.84. The molecule has 2 aromatic rings. The van der Waals surface area contributed by atoms with Crippen molar-refractivity contribution in [2.45, 2.75) is 0 Å². The summed E-state index contributed by atoms with van der Waals surface area (Å²) in [5, 5.41) is 2.77. The van der Waals surface area contributed by atoms with E-state index in [1.807, 2.05) is 0 Å².